The van der Waals surface area contributed by atoms with Crippen LogP contribution in [0.1, 0.15) is 18.5 Å². The van der Waals surface area contributed by atoms with Crippen LogP contribution in [0.4, 0.5) is 5.69 Å². The Bertz CT molecular complexity index is 626. The number of ether oxygens (including phenoxy) is 1. The van der Waals surface area contributed by atoms with Crippen LogP contribution < -0.4 is 10.5 Å². The number of non-ortho nitro benzene ring substituents is 1. The highest BCUT2D eigenvalue weighted by Gasteiger charge is 2.14. The summed E-state index contributed by atoms with van der Waals surface area (Å²) in [5.74, 6) is 0.499. The van der Waals surface area contributed by atoms with E-state index in [0.717, 1.165) is 25.0 Å². The average Bonchev–Trinajstić information content (AvgIpc) is 2.95. The molecule has 8 nitrogen and oxygen atoms in total. The van der Waals surface area contributed by atoms with Crippen molar-refractivity contribution in [2.45, 2.75) is 19.3 Å². The molecule has 1 heterocycles. The molecule has 0 aliphatic carbocycles. The Morgan fingerprint density at radius 3 is 2.90 bits per heavy atom. The number of nitro groups is 1. The molecule has 0 unspecified atom stereocenters. The fraction of sp³-hybridized carbons (Fsp3) is 0.385. The monoisotopic (exact) mass is 291 g/mol. The Balaban J connectivity index is 2.27. The number of aryl methyl sites for hydroxylation is 1. The Kier molecular flexibility index (Phi) is 4.83. The standard InChI is InChI=1S/C13H17N5O3/c1-21-13-6-5-11(18(19)20)8-12(13)17-9-10(15-16-17)4-2-3-7-14/h5-6,8-9H,2-4,7,14H2,1H3. The molecule has 0 saturated heterocycles. The molecular weight excluding hydrogens is 274 g/mol. The zero-order valence-electron chi connectivity index (χ0n) is 11.7. The largest absolute Gasteiger partial charge is 0.494 e. The first-order valence-corrected chi connectivity index (χ1v) is 6.60. The van der Waals surface area contributed by atoms with Gasteiger partial charge >= 0.3 is 0 Å². The summed E-state index contributed by atoms with van der Waals surface area (Å²) in [4.78, 5) is 10.4. The molecule has 0 saturated carbocycles. The number of nitrogens with zero attached hydrogens (tertiary/aromatic N) is 4. The summed E-state index contributed by atoms with van der Waals surface area (Å²) in [5, 5.41) is 18.9. The van der Waals surface area contributed by atoms with Gasteiger partial charge < -0.3 is 10.5 Å². The second-order valence-electron chi connectivity index (χ2n) is 4.51. The van der Waals surface area contributed by atoms with Crippen molar-refractivity contribution in [1.29, 1.82) is 0 Å². The zero-order chi connectivity index (χ0) is 15.2. The van der Waals surface area contributed by atoms with Gasteiger partial charge in [0.15, 0.2) is 0 Å². The van der Waals surface area contributed by atoms with Crippen molar-refractivity contribution >= 4 is 5.69 Å². The Labute approximate surface area is 121 Å². The number of hydrogen-bond donors (Lipinski definition) is 1. The van der Waals surface area contributed by atoms with Gasteiger partial charge in [-0.2, -0.15) is 0 Å². The third kappa shape index (κ3) is 3.54. The lowest BCUT2D eigenvalue weighted by atomic mass is 10.2. The van der Waals surface area contributed by atoms with Crippen molar-refractivity contribution < 1.29 is 9.66 Å². The first kappa shape index (κ1) is 14.9. The summed E-state index contributed by atoms with van der Waals surface area (Å²) in [6, 6.07) is 4.35. The molecule has 0 aliphatic heterocycles. The van der Waals surface area contributed by atoms with E-state index in [0.29, 0.717) is 18.0 Å². The molecule has 2 aromatic rings. The maximum atomic E-state index is 10.9. The van der Waals surface area contributed by atoms with E-state index in [4.69, 9.17) is 10.5 Å². The summed E-state index contributed by atoms with van der Waals surface area (Å²) in [7, 11) is 1.50. The molecule has 0 spiro atoms. The third-order valence-electron chi connectivity index (χ3n) is 3.05. The van der Waals surface area contributed by atoms with Crippen LogP contribution in [-0.2, 0) is 6.42 Å². The van der Waals surface area contributed by atoms with Crippen molar-refractivity contribution in [2.75, 3.05) is 13.7 Å². The quantitative estimate of drug-likeness (QED) is 0.470. The van der Waals surface area contributed by atoms with Gasteiger partial charge in [-0.15, -0.1) is 5.10 Å². The lowest BCUT2D eigenvalue weighted by molar-refractivity contribution is -0.384. The van der Waals surface area contributed by atoms with Gasteiger partial charge in [0.25, 0.3) is 5.69 Å². The average molecular weight is 291 g/mol. The van der Waals surface area contributed by atoms with Crippen molar-refractivity contribution in [3.63, 3.8) is 0 Å². The molecule has 1 aromatic carbocycles. The molecule has 0 aliphatic rings. The fourth-order valence-electron chi connectivity index (χ4n) is 1.95. The van der Waals surface area contributed by atoms with Crippen molar-refractivity contribution in [3.05, 3.63) is 40.2 Å². The third-order valence-corrected chi connectivity index (χ3v) is 3.05. The minimum atomic E-state index is -0.456. The van der Waals surface area contributed by atoms with Crippen LogP contribution in [0.5, 0.6) is 5.75 Å². The molecule has 0 radical (unpaired) electrons. The van der Waals surface area contributed by atoms with Crippen LogP contribution >= 0.6 is 0 Å². The molecular formula is C13H17N5O3. The molecule has 21 heavy (non-hydrogen) atoms. The zero-order valence-corrected chi connectivity index (χ0v) is 11.7. The van der Waals surface area contributed by atoms with E-state index >= 15 is 0 Å². The molecule has 8 heteroatoms. The number of benzene rings is 1. The first-order chi connectivity index (χ1) is 10.2. The van der Waals surface area contributed by atoms with E-state index in [1.165, 1.54) is 23.9 Å². The molecule has 0 amide bonds. The predicted octanol–water partition coefficient (Wildman–Crippen LogP) is 1.47. The van der Waals surface area contributed by atoms with Crippen molar-refractivity contribution in [1.82, 2.24) is 15.0 Å². The number of nitro benzene ring substituents is 1. The highest BCUT2D eigenvalue weighted by atomic mass is 16.6. The van der Waals surface area contributed by atoms with E-state index in [-0.39, 0.29) is 5.69 Å². The van der Waals surface area contributed by atoms with Gasteiger partial charge in [0.1, 0.15) is 11.4 Å². The highest BCUT2D eigenvalue weighted by Crippen LogP contribution is 2.27. The Morgan fingerprint density at radius 1 is 1.43 bits per heavy atom. The minimum Gasteiger partial charge on any atom is -0.494 e. The number of methoxy groups -OCH3 is 1. The van der Waals surface area contributed by atoms with Gasteiger partial charge in [-0.1, -0.05) is 5.21 Å². The van der Waals surface area contributed by atoms with Crippen LogP contribution in [0.3, 0.4) is 0 Å². The lowest BCUT2D eigenvalue weighted by Crippen LogP contribution is -2.00. The Hall–Kier alpha value is -2.48. The summed E-state index contributed by atoms with van der Waals surface area (Å²) < 4.78 is 6.70. The molecule has 2 rings (SSSR count). The number of hydrogen-bond acceptors (Lipinski definition) is 6. The maximum Gasteiger partial charge on any atom is 0.271 e. The summed E-state index contributed by atoms with van der Waals surface area (Å²) in [5.41, 5.74) is 6.73. The van der Waals surface area contributed by atoms with Gasteiger partial charge in [-0.3, -0.25) is 10.1 Å². The van der Waals surface area contributed by atoms with Gasteiger partial charge in [0.05, 0.1) is 23.9 Å². The van der Waals surface area contributed by atoms with Crippen LogP contribution in [0.2, 0.25) is 0 Å². The van der Waals surface area contributed by atoms with Crippen molar-refractivity contribution in [2.24, 2.45) is 5.73 Å². The smallest absolute Gasteiger partial charge is 0.271 e. The van der Waals surface area contributed by atoms with Gasteiger partial charge in [-0.25, -0.2) is 4.68 Å². The van der Waals surface area contributed by atoms with Gasteiger partial charge in [-0.05, 0) is 31.9 Å². The molecule has 0 bridgehead atoms. The summed E-state index contributed by atoms with van der Waals surface area (Å²) >= 11 is 0. The fourth-order valence-corrected chi connectivity index (χ4v) is 1.95. The lowest BCUT2D eigenvalue weighted by Gasteiger charge is -2.07. The second-order valence-corrected chi connectivity index (χ2v) is 4.51. The van der Waals surface area contributed by atoms with Crippen LogP contribution in [0.25, 0.3) is 5.69 Å². The van der Waals surface area contributed by atoms with Gasteiger partial charge in [0, 0.05) is 12.1 Å². The summed E-state index contributed by atoms with van der Waals surface area (Å²) in [6.45, 7) is 0.646. The molecule has 0 fully saturated rings. The number of nitrogens with two attached hydrogens (primary N) is 1. The van der Waals surface area contributed by atoms with Gasteiger partial charge in [0.2, 0.25) is 0 Å². The second kappa shape index (κ2) is 6.80. The maximum absolute atomic E-state index is 10.9. The van der Waals surface area contributed by atoms with Crippen LogP contribution in [0, 0.1) is 10.1 Å². The predicted molar refractivity (Wildman–Crippen MR) is 76.6 cm³/mol. The minimum absolute atomic E-state index is 0.0222. The molecule has 112 valence electrons. The molecule has 0 atom stereocenters. The normalized spacial score (nSPS) is 10.6. The van der Waals surface area contributed by atoms with E-state index in [9.17, 15) is 10.1 Å². The van der Waals surface area contributed by atoms with Crippen molar-refractivity contribution in [3.8, 4) is 11.4 Å². The van der Waals surface area contributed by atoms with Crippen LogP contribution in [-0.4, -0.2) is 33.6 Å². The molecule has 1 aromatic heterocycles. The SMILES string of the molecule is COc1ccc([N+](=O)[O-])cc1-n1cc(CCCCN)nn1. The van der Waals surface area contributed by atoms with E-state index < -0.39 is 4.92 Å². The number of unbranched alkanes of at least 4 members (excludes halogenated alkanes) is 1. The summed E-state index contributed by atoms with van der Waals surface area (Å²) in [6.07, 6.45) is 4.38. The Morgan fingerprint density at radius 2 is 2.24 bits per heavy atom. The van der Waals surface area contributed by atoms with E-state index in [1.807, 2.05) is 0 Å². The van der Waals surface area contributed by atoms with E-state index in [2.05, 4.69) is 10.3 Å². The topological polar surface area (TPSA) is 109 Å². The van der Waals surface area contributed by atoms with Crippen LogP contribution in [0.15, 0.2) is 24.4 Å². The number of rotatable bonds is 7. The highest BCUT2D eigenvalue weighted by molar-refractivity contribution is 5.53. The first-order valence-electron chi connectivity index (χ1n) is 6.60. The van der Waals surface area contributed by atoms with E-state index in [1.54, 1.807) is 12.3 Å². The number of aromatic nitrogens is 3. The molecule has 2 N–H and O–H groups in total.